The summed E-state index contributed by atoms with van der Waals surface area (Å²) in [6.45, 7) is 0.435. The van der Waals surface area contributed by atoms with E-state index in [1.807, 2.05) is 48.5 Å². The van der Waals surface area contributed by atoms with Gasteiger partial charge in [0.1, 0.15) is 5.84 Å². The molecule has 0 aliphatic carbocycles. The van der Waals surface area contributed by atoms with Crippen LogP contribution in [0, 0.1) is 0 Å². The van der Waals surface area contributed by atoms with E-state index in [1.165, 1.54) is 32.7 Å². The highest BCUT2D eigenvalue weighted by atomic mass is 15.0. The lowest BCUT2D eigenvalue weighted by Gasteiger charge is -2.11. The fraction of sp³-hybridized carbons (Fsp3) is 0.0196. The molecule has 5 nitrogen and oxygen atoms in total. The summed E-state index contributed by atoms with van der Waals surface area (Å²) < 4.78 is 2.38. The minimum atomic E-state index is 0.415. The van der Waals surface area contributed by atoms with Gasteiger partial charge in [0.2, 0.25) is 0 Å². The summed E-state index contributed by atoms with van der Waals surface area (Å²) >= 11 is 0. The van der Waals surface area contributed by atoms with Crippen LogP contribution in [0.1, 0.15) is 16.7 Å². The van der Waals surface area contributed by atoms with Crippen molar-refractivity contribution in [2.75, 3.05) is 0 Å². The number of aliphatic imine (C=N–C) groups is 2. The fourth-order valence-electron chi connectivity index (χ4n) is 7.90. The Kier molecular flexibility index (Phi) is 8.30. The number of amidine groups is 2. The second-order valence-electron chi connectivity index (χ2n) is 14.1. The van der Waals surface area contributed by atoms with Crippen molar-refractivity contribution in [1.29, 1.82) is 0 Å². The van der Waals surface area contributed by atoms with Gasteiger partial charge in [-0.25, -0.2) is 4.99 Å². The topological polar surface area (TPSA) is 71.5 Å². The first-order valence-corrected chi connectivity index (χ1v) is 18.9. The zero-order valence-electron chi connectivity index (χ0n) is 30.6. The summed E-state index contributed by atoms with van der Waals surface area (Å²) in [4.78, 5) is 13.8. The van der Waals surface area contributed by atoms with Crippen LogP contribution in [0.4, 0.5) is 0 Å². The molecule has 0 atom stereocenters. The number of fused-ring (bicyclic) bond motifs is 7. The molecule has 0 spiro atoms. The van der Waals surface area contributed by atoms with Crippen molar-refractivity contribution in [3.8, 4) is 27.9 Å². The Morgan fingerprint density at radius 2 is 1.14 bits per heavy atom. The molecule has 0 amide bonds. The van der Waals surface area contributed by atoms with E-state index in [4.69, 9.17) is 15.7 Å². The average Bonchev–Trinajstić information content (AvgIpc) is 3.82. The molecule has 0 saturated carbocycles. The molecule has 10 aromatic rings. The van der Waals surface area contributed by atoms with E-state index in [0.717, 1.165) is 55.6 Å². The van der Waals surface area contributed by atoms with Crippen LogP contribution in [-0.4, -0.2) is 21.2 Å². The van der Waals surface area contributed by atoms with Gasteiger partial charge in [-0.15, -0.1) is 0 Å². The summed E-state index contributed by atoms with van der Waals surface area (Å²) in [7, 11) is 0. The number of nitrogens with two attached hydrogens (primary N) is 1. The number of aromatic amines is 1. The molecule has 8 aromatic carbocycles. The summed E-state index contributed by atoms with van der Waals surface area (Å²) in [5.74, 6) is 1.00. The van der Waals surface area contributed by atoms with Crippen LogP contribution in [0.15, 0.2) is 204 Å². The molecule has 2 aromatic heterocycles. The lowest BCUT2D eigenvalue weighted by atomic mass is 9.98. The van der Waals surface area contributed by atoms with E-state index >= 15 is 0 Å². The van der Waals surface area contributed by atoms with Crippen molar-refractivity contribution in [2.45, 2.75) is 6.54 Å². The molecule has 2 heterocycles. The normalized spacial score (nSPS) is 12.3. The van der Waals surface area contributed by atoms with Gasteiger partial charge in [-0.2, -0.15) is 0 Å². The number of benzene rings is 8. The van der Waals surface area contributed by atoms with Crippen LogP contribution < -0.4 is 5.73 Å². The van der Waals surface area contributed by atoms with Gasteiger partial charge in [0.05, 0.1) is 23.1 Å². The van der Waals surface area contributed by atoms with Crippen LogP contribution in [0.25, 0.3) is 71.6 Å². The Morgan fingerprint density at radius 1 is 0.500 bits per heavy atom. The first-order chi connectivity index (χ1) is 27.7. The smallest absolute Gasteiger partial charge is 0.157 e. The number of nitrogens with zero attached hydrogens (tertiary/aromatic N) is 3. The average molecular weight is 720 g/mol. The van der Waals surface area contributed by atoms with Crippen molar-refractivity contribution in [3.63, 3.8) is 0 Å². The zero-order chi connectivity index (χ0) is 37.4. The highest BCUT2D eigenvalue weighted by Crippen LogP contribution is 2.38. The molecule has 0 unspecified atom stereocenters. The minimum absolute atomic E-state index is 0.415. The lowest BCUT2D eigenvalue weighted by molar-refractivity contribution is 1.05. The van der Waals surface area contributed by atoms with Gasteiger partial charge in [-0.1, -0.05) is 164 Å². The quantitative estimate of drug-likeness (QED) is 0.125. The molecular formula is C51H37N5. The minimum Gasteiger partial charge on any atom is -0.383 e. The maximum absolute atomic E-state index is 6.72. The molecule has 10 rings (SSSR count). The highest BCUT2D eigenvalue weighted by molar-refractivity contribution is 6.22. The third-order valence-corrected chi connectivity index (χ3v) is 10.6. The third kappa shape index (κ3) is 6.02. The molecular weight excluding hydrogens is 683 g/mol. The number of aromatic nitrogens is 2. The van der Waals surface area contributed by atoms with Crippen molar-refractivity contribution < 1.29 is 0 Å². The van der Waals surface area contributed by atoms with Gasteiger partial charge in [-0.3, -0.25) is 4.99 Å². The lowest BCUT2D eigenvalue weighted by Crippen LogP contribution is -2.16. The third-order valence-electron chi connectivity index (χ3n) is 10.6. The van der Waals surface area contributed by atoms with E-state index in [2.05, 4.69) is 155 Å². The Hall–Kier alpha value is -7.50. The van der Waals surface area contributed by atoms with E-state index in [-0.39, 0.29) is 0 Å². The zero-order valence-corrected chi connectivity index (χ0v) is 30.6. The fourth-order valence-corrected chi connectivity index (χ4v) is 7.90. The summed E-state index contributed by atoms with van der Waals surface area (Å²) in [5.41, 5.74) is 19.8. The van der Waals surface area contributed by atoms with Crippen LogP contribution >= 0.6 is 0 Å². The number of para-hydroxylation sites is 2. The highest BCUT2D eigenvalue weighted by Gasteiger charge is 2.17. The number of hydrogen-bond donors (Lipinski definition) is 2. The summed E-state index contributed by atoms with van der Waals surface area (Å²) in [6, 6.07) is 67.7. The SMILES string of the molecule is NC(=NC(=NCc1cccc(-n2c3ccccc3c3ccc4c5ccccc5[nH]c4c32)c1)c1ccccc1)c1ccc(-c2cccc(-c3ccccc3)c2)cc1. The largest absolute Gasteiger partial charge is 0.383 e. The second kappa shape index (κ2) is 14.0. The summed E-state index contributed by atoms with van der Waals surface area (Å²) in [6.07, 6.45) is 0. The molecule has 56 heavy (non-hydrogen) atoms. The van der Waals surface area contributed by atoms with Crippen LogP contribution in [0.2, 0.25) is 0 Å². The Balaban J connectivity index is 0.996. The van der Waals surface area contributed by atoms with E-state index in [0.29, 0.717) is 18.2 Å². The summed E-state index contributed by atoms with van der Waals surface area (Å²) in [5, 5.41) is 4.87. The van der Waals surface area contributed by atoms with Crippen molar-refractivity contribution in [2.24, 2.45) is 15.7 Å². The molecule has 266 valence electrons. The standard InChI is InChI=1S/C51H37N5/c52-50(37-27-25-36(26-28-37)40-19-12-18-39(32-40)35-14-3-1-4-15-35)55-51(38-16-5-2-6-17-38)53-33-34-13-11-20-41(31-34)56-47-24-10-8-22-43(47)45-30-29-44-42-21-7-9-23-46(42)54-48(44)49(45)56/h1-32,54H,33H2,(H2,52,53,55). The van der Waals surface area contributed by atoms with Gasteiger partial charge >= 0.3 is 0 Å². The van der Waals surface area contributed by atoms with Crippen LogP contribution in [-0.2, 0) is 6.54 Å². The Labute approximate surface area is 324 Å². The van der Waals surface area contributed by atoms with Crippen LogP contribution in [0.3, 0.4) is 0 Å². The maximum Gasteiger partial charge on any atom is 0.157 e. The van der Waals surface area contributed by atoms with Gasteiger partial charge in [0.15, 0.2) is 5.84 Å². The molecule has 0 radical (unpaired) electrons. The molecule has 0 saturated heterocycles. The van der Waals surface area contributed by atoms with E-state index in [1.54, 1.807) is 0 Å². The molecule has 0 aliphatic rings. The molecule has 3 N–H and O–H groups in total. The number of hydrogen-bond acceptors (Lipinski definition) is 1. The predicted octanol–water partition coefficient (Wildman–Crippen LogP) is 12.1. The molecule has 0 aliphatic heterocycles. The van der Waals surface area contributed by atoms with Crippen LogP contribution in [0.5, 0.6) is 0 Å². The van der Waals surface area contributed by atoms with Crippen molar-refractivity contribution >= 4 is 55.3 Å². The van der Waals surface area contributed by atoms with Gasteiger partial charge in [0.25, 0.3) is 0 Å². The second-order valence-corrected chi connectivity index (χ2v) is 14.1. The maximum atomic E-state index is 6.72. The number of H-pyrrole nitrogens is 1. The monoisotopic (exact) mass is 719 g/mol. The Morgan fingerprint density at radius 3 is 1.95 bits per heavy atom. The van der Waals surface area contributed by atoms with E-state index < -0.39 is 0 Å². The predicted molar refractivity (Wildman–Crippen MR) is 235 cm³/mol. The van der Waals surface area contributed by atoms with Gasteiger partial charge < -0.3 is 15.3 Å². The first-order valence-electron chi connectivity index (χ1n) is 18.9. The van der Waals surface area contributed by atoms with Gasteiger partial charge in [-0.05, 0) is 58.1 Å². The Bertz CT molecular complexity index is 3100. The first kappa shape index (κ1) is 33.1. The number of rotatable bonds is 7. The van der Waals surface area contributed by atoms with Gasteiger partial charge in [0, 0.05) is 43.9 Å². The number of nitrogens with one attached hydrogen (secondary N) is 1. The molecule has 0 fully saturated rings. The van der Waals surface area contributed by atoms with E-state index in [9.17, 15) is 0 Å². The molecule has 0 bridgehead atoms. The van der Waals surface area contributed by atoms with Crippen molar-refractivity contribution in [1.82, 2.24) is 9.55 Å². The molecule has 5 heteroatoms. The van der Waals surface area contributed by atoms with Crippen molar-refractivity contribution in [3.05, 3.63) is 211 Å².